The number of hydrogen-bond donors (Lipinski definition) is 1. The Labute approximate surface area is 131 Å². The van der Waals surface area contributed by atoms with Crippen LogP contribution in [0.5, 0.6) is 0 Å². The normalized spacial score (nSPS) is 11.8. The molecule has 0 unspecified atom stereocenters. The molecular formula is C15H16N4O2S. The number of pyridine rings is 1. The number of nitrogens with one attached hydrogen (secondary N) is 1. The maximum Gasteiger partial charge on any atom is 0.307 e. The van der Waals surface area contributed by atoms with Crippen molar-refractivity contribution in [2.45, 2.75) is 32.7 Å². The summed E-state index contributed by atoms with van der Waals surface area (Å²) >= 11 is 1.53. The van der Waals surface area contributed by atoms with Crippen LogP contribution in [0.15, 0.2) is 29.1 Å². The van der Waals surface area contributed by atoms with Crippen LogP contribution in [0.3, 0.4) is 0 Å². The molecule has 0 bridgehead atoms. The van der Waals surface area contributed by atoms with E-state index in [4.69, 9.17) is 4.42 Å². The summed E-state index contributed by atoms with van der Waals surface area (Å²) in [6.07, 6.45) is 5.03. The van der Waals surface area contributed by atoms with Gasteiger partial charge in [0, 0.05) is 11.6 Å². The van der Waals surface area contributed by atoms with Gasteiger partial charge in [0.05, 0.1) is 29.2 Å². The second-order valence-corrected chi connectivity index (χ2v) is 7.03. The van der Waals surface area contributed by atoms with Crippen molar-refractivity contribution in [2.24, 2.45) is 0 Å². The van der Waals surface area contributed by atoms with Gasteiger partial charge in [-0.3, -0.25) is 9.78 Å². The first kappa shape index (κ1) is 14.6. The molecule has 0 spiro atoms. The molecule has 0 aromatic carbocycles. The highest BCUT2D eigenvalue weighted by molar-refractivity contribution is 7.18. The van der Waals surface area contributed by atoms with E-state index in [1.165, 1.54) is 11.3 Å². The van der Waals surface area contributed by atoms with E-state index in [0.29, 0.717) is 12.3 Å². The molecule has 1 N–H and O–H groups in total. The SMILES string of the molecule is CC(C)(C)c1cnc(C(=O)NCc2nc3cnccc3s2)o1. The lowest BCUT2D eigenvalue weighted by molar-refractivity contribution is 0.0912. The van der Waals surface area contributed by atoms with Crippen LogP contribution in [0.4, 0.5) is 0 Å². The molecule has 3 aromatic rings. The van der Waals surface area contributed by atoms with Crippen molar-refractivity contribution in [3.8, 4) is 0 Å². The summed E-state index contributed by atoms with van der Waals surface area (Å²) in [4.78, 5) is 24.5. The van der Waals surface area contributed by atoms with Crippen molar-refractivity contribution >= 4 is 27.5 Å². The molecule has 3 rings (SSSR count). The number of fused-ring (bicyclic) bond motifs is 1. The number of oxazole rings is 1. The van der Waals surface area contributed by atoms with Crippen molar-refractivity contribution in [3.63, 3.8) is 0 Å². The number of carbonyl (C=O) groups is 1. The lowest BCUT2D eigenvalue weighted by Crippen LogP contribution is -2.23. The van der Waals surface area contributed by atoms with E-state index in [2.05, 4.69) is 20.3 Å². The summed E-state index contributed by atoms with van der Waals surface area (Å²) in [6.45, 7) is 6.35. The molecule has 7 heteroatoms. The quantitative estimate of drug-likeness (QED) is 0.803. The third kappa shape index (κ3) is 2.99. The summed E-state index contributed by atoms with van der Waals surface area (Å²) in [6, 6.07) is 1.90. The van der Waals surface area contributed by atoms with E-state index in [9.17, 15) is 4.79 Å². The summed E-state index contributed by atoms with van der Waals surface area (Å²) < 4.78 is 6.55. The minimum absolute atomic E-state index is 0.0766. The molecule has 0 aliphatic rings. The second kappa shape index (κ2) is 5.49. The third-order valence-electron chi connectivity index (χ3n) is 3.07. The van der Waals surface area contributed by atoms with E-state index in [1.807, 2.05) is 26.8 Å². The fourth-order valence-electron chi connectivity index (χ4n) is 1.86. The number of nitrogens with zero attached hydrogens (tertiary/aromatic N) is 3. The molecule has 3 heterocycles. The van der Waals surface area contributed by atoms with Gasteiger partial charge >= 0.3 is 5.91 Å². The van der Waals surface area contributed by atoms with Crippen LogP contribution >= 0.6 is 11.3 Å². The van der Waals surface area contributed by atoms with Gasteiger partial charge in [0.2, 0.25) is 0 Å². The van der Waals surface area contributed by atoms with E-state index in [1.54, 1.807) is 18.6 Å². The van der Waals surface area contributed by atoms with Gasteiger partial charge in [-0.25, -0.2) is 9.97 Å². The molecule has 0 atom stereocenters. The van der Waals surface area contributed by atoms with Crippen LogP contribution in [0.25, 0.3) is 10.2 Å². The van der Waals surface area contributed by atoms with E-state index in [-0.39, 0.29) is 17.2 Å². The average Bonchev–Trinajstić information content (AvgIpc) is 3.10. The molecular weight excluding hydrogens is 300 g/mol. The third-order valence-corrected chi connectivity index (χ3v) is 4.11. The predicted octanol–water partition coefficient (Wildman–Crippen LogP) is 2.91. The maximum absolute atomic E-state index is 12.1. The smallest absolute Gasteiger partial charge is 0.307 e. The molecule has 114 valence electrons. The van der Waals surface area contributed by atoms with Gasteiger partial charge in [-0.15, -0.1) is 11.3 Å². The monoisotopic (exact) mass is 316 g/mol. The lowest BCUT2D eigenvalue weighted by atomic mass is 9.94. The molecule has 0 aliphatic heterocycles. The Morgan fingerprint density at radius 3 is 2.86 bits per heavy atom. The van der Waals surface area contributed by atoms with Crippen molar-refractivity contribution in [1.29, 1.82) is 0 Å². The second-order valence-electron chi connectivity index (χ2n) is 5.91. The van der Waals surface area contributed by atoms with Crippen LogP contribution in [-0.4, -0.2) is 20.9 Å². The number of carbonyl (C=O) groups excluding carboxylic acids is 1. The van der Waals surface area contributed by atoms with Gasteiger partial charge in [0.1, 0.15) is 10.8 Å². The van der Waals surface area contributed by atoms with E-state index < -0.39 is 0 Å². The van der Waals surface area contributed by atoms with Crippen LogP contribution in [0.1, 0.15) is 42.2 Å². The lowest BCUT2D eigenvalue weighted by Gasteiger charge is -2.12. The number of rotatable bonds is 3. The Morgan fingerprint density at radius 1 is 1.36 bits per heavy atom. The Kier molecular flexibility index (Phi) is 3.66. The van der Waals surface area contributed by atoms with E-state index >= 15 is 0 Å². The summed E-state index contributed by atoms with van der Waals surface area (Å²) in [5.41, 5.74) is 0.661. The first-order chi connectivity index (χ1) is 10.4. The van der Waals surface area contributed by atoms with Crippen molar-refractivity contribution in [3.05, 3.63) is 41.3 Å². The zero-order chi connectivity index (χ0) is 15.7. The first-order valence-electron chi connectivity index (χ1n) is 6.87. The van der Waals surface area contributed by atoms with Crippen molar-refractivity contribution < 1.29 is 9.21 Å². The minimum atomic E-state index is -0.340. The topological polar surface area (TPSA) is 80.9 Å². The maximum atomic E-state index is 12.1. The highest BCUT2D eigenvalue weighted by atomic mass is 32.1. The van der Waals surface area contributed by atoms with Crippen LogP contribution in [0.2, 0.25) is 0 Å². The summed E-state index contributed by atoms with van der Waals surface area (Å²) in [7, 11) is 0. The molecule has 6 nitrogen and oxygen atoms in total. The zero-order valence-electron chi connectivity index (χ0n) is 12.6. The number of thiazole rings is 1. The van der Waals surface area contributed by atoms with E-state index in [0.717, 1.165) is 15.2 Å². The molecule has 3 aromatic heterocycles. The van der Waals surface area contributed by atoms with Crippen molar-refractivity contribution in [1.82, 2.24) is 20.3 Å². The Hall–Kier alpha value is -2.28. The molecule has 0 radical (unpaired) electrons. The molecule has 0 saturated carbocycles. The van der Waals surface area contributed by atoms with Gasteiger partial charge in [0.15, 0.2) is 0 Å². The molecule has 0 fully saturated rings. The largest absolute Gasteiger partial charge is 0.437 e. The van der Waals surface area contributed by atoms with Crippen LogP contribution in [-0.2, 0) is 12.0 Å². The van der Waals surface area contributed by atoms with Crippen LogP contribution in [0, 0.1) is 0 Å². The van der Waals surface area contributed by atoms with Crippen molar-refractivity contribution in [2.75, 3.05) is 0 Å². The standard InChI is InChI=1S/C15H16N4O2S/c1-15(2,3)11-7-18-14(21-11)13(20)17-8-12-19-9-6-16-5-4-10(9)22-12/h4-7H,8H2,1-3H3,(H,17,20). The minimum Gasteiger partial charge on any atom is -0.437 e. The fraction of sp³-hybridized carbons (Fsp3) is 0.333. The number of hydrogen-bond acceptors (Lipinski definition) is 6. The summed E-state index contributed by atoms with van der Waals surface area (Å²) in [5, 5.41) is 3.59. The molecule has 0 aliphatic carbocycles. The fourth-order valence-corrected chi connectivity index (χ4v) is 2.73. The van der Waals surface area contributed by atoms with Gasteiger partial charge in [0.25, 0.3) is 5.89 Å². The predicted molar refractivity (Wildman–Crippen MR) is 83.8 cm³/mol. The Morgan fingerprint density at radius 2 is 2.18 bits per heavy atom. The Balaban J connectivity index is 1.68. The van der Waals surface area contributed by atoms with Gasteiger partial charge < -0.3 is 9.73 Å². The average molecular weight is 316 g/mol. The summed E-state index contributed by atoms with van der Waals surface area (Å²) in [5.74, 6) is 0.421. The first-order valence-corrected chi connectivity index (χ1v) is 7.69. The van der Waals surface area contributed by atoms with Crippen LogP contribution < -0.4 is 5.32 Å². The number of amides is 1. The molecule has 0 saturated heterocycles. The van der Waals surface area contributed by atoms with Gasteiger partial charge in [-0.1, -0.05) is 20.8 Å². The molecule has 22 heavy (non-hydrogen) atoms. The molecule has 1 amide bonds. The highest BCUT2D eigenvalue weighted by Gasteiger charge is 2.21. The zero-order valence-corrected chi connectivity index (χ0v) is 13.4. The number of aromatic nitrogens is 3. The highest BCUT2D eigenvalue weighted by Crippen LogP contribution is 2.23. The van der Waals surface area contributed by atoms with Gasteiger partial charge in [-0.05, 0) is 6.07 Å². The Bertz CT molecular complexity index is 783. The van der Waals surface area contributed by atoms with Gasteiger partial charge in [-0.2, -0.15) is 0 Å².